The van der Waals surface area contributed by atoms with Gasteiger partial charge < -0.3 is 9.47 Å². The summed E-state index contributed by atoms with van der Waals surface area (Å²) in [5.74, 6) is -3.69. The van der Waals surface area contributed by atoms with Crippen LogP contribution in [0.5, 0.6) is 5.75 Å². The van der Waals surface area contributed by atoms with Crippen molar-refractivity contribution in [3.05, 3.63) is 64.1 Å². The first-order chi connectivity index (χ1) is 12.4. The molecule has 3 atom stereocenters. The number of halogens is 1. The van der Waals surface area contributed by atoms with E-state index in [2.05, 4.69) is 15.9 Å². The lowest BCUT2D eigenvalue weighted by Crippen LogP contribution is -2.42. The monoisotopic (exact) mass is 416 g/mol. The summed E-state index contributed by atoms with van der Waals surface area (Å²) in [6, 6.07) is 14.0. The van der Waals surface area contributed by atoms with E-state index in [1.165, 1.54) is 7.11 Å². The zero-order valence-corrected chi connectivity index (χ0v) is 15.9. The van der Waals surface area contributed by atoms with Crippen LogP contribution >= 0.6 is 15.9 Å². The molecule has 0 spiro atoms. The molecule has 1 aliphatic rings. The minimum absolute atomic E-state index is 0.148. The summed E-state index contributed by atoms with van der Waals surface area (Å²) in [5, 5.41) is 0. The van der Waals surface area contributed by atoms with Gasteiger partial charge in [0.15, 0.2) is 11.7 Å². The summed E-state index contributed by atoms with van der Waals surface area (Å²) in [6.07, 6.45) is 0. The average Bonchev–Trinajstić information content (AvgIpc) is 2.66. The molecule has 0 fully saturated rings. The molecule has 1 heterocycles. The molecule has 2 aromatic rings. The number of fused-ring (bicyclic) bond motifs is 1. The van der Waals surface area contributed by atoms with E-state index in [1.54, 1.807) is 49.4 Å². The molecular formula is C20H17BrO5. The van der Waals surface area contributed by atoms with E-state index in [9.17, 15) is 14.4 Å². The predicted octanol–water partition coefficient (Wildman–Crippen LogP) is 3.76. The molecule has 0 saturated carbocycles. The van der Waals surface area contributed by atoms with Crippen LogP contribution in [0.4, 0.5) is 0 Å². The fraction of sp³-hybridized carbons (Fsp3) is 0.250. The Morgan fingerprint density at radius 1 is 1.15 bits per heavy atom. The van der Waals surface area contributed by atoms with Crippen LogP contribution in [-0.2, 0) is 14.3 Å². The Morgan fingerprint density at radius 3 is 2.50 bits per heavy atom. The second-order valence-corrected chi connectivity index (χ2v) is 7.06. The summed E-state index contributed by atoms with van der Waals surface area (Å²) in [4.78, 5) is 37.8. The lowest BCUT2D eigenvalue weighted by Gasteiger charge is -2.33. The maximum atomic E-state index is 13.0. The number of ketones is 1. The molecular weight excluding hydrogens is 400 g/mol. The van der Waals surface area contributed by atoms with Crippen molar-refractivity contribution in [2.24, 2.45) is 11.8 Å². The van der Waals surface area contributed by atoms with Crippen LogP contribution < -0.4 is 4.74 Å². The average molecular weight is 417 g/mol. The van der Waals surface area contributed by atoms with E-state index in [4.69, 9.17) is 9.47 Å². The molecule has 1 aliphatic heterocycles. The number of methoxy groups -OCH3 is 1. The third-order valence-corrected chi connectivity index (χ3v) is 5.11. The molecule has 3 rings (SSSR count). The molecule has 0 amide bonds. The normalized spacial score (nSPS) is 19.9. The zero-order valence-electron chi connectivity index (χ0n) is 14.3. The third kappa shape index (κ3) is 3.29. The van der Waals surface area contributed by atoms with Crippen LogP contribution in [0.3, 0.4) is 0 Å². The summed E-state index contributed by atoms with van der Waals surface area (Å²) >= 11 is 3.40. The maximum Gasteiger partial charge on any atom is 0.326 e. The van der Waals surface area contributed by atoms with Crippen molar-refractivity contribution in [2.75, 3.05) is 7.11 Å². The lowest BCUT2D eigenvalue weighted by atomic mass is 9.73. The predicted molar refractivity (Wildman–Crippen MR) is 98.0 cm³/mol. The van der Waals surface area contributed by atoms with Crippen LogP contribution in [0.2, 0.25) is 0 Å². The molecule has 5 nitrogen and oxygen atoms in total. The number of esters is 2. The van der Waals surface area contributed by atoms with Crippen molar-refractivity contribution in [1.82, 2.24) is 0 Å². The van der Waals surface area contributed by atoms with Gasteiger partial charge in [0.2, 0.25) is 0 Å². The molecule has 0 aromatic heterocycles. The van der Waals surface area contributed by atoms with Crippen LogP contribution in [0.15, 0.2) is 53.0 Å². The number of rotatable bonds is 4. The minimum Gasteiger partial charge on any atom is -0.468 e. The van der Waals surface area contributed by atoms with Gasteiger partial charge in [-0.05, 0) is 18.2 Å². The topological polar surface area (TPSA) is 69.7 Å². The number of carbonyl (C=O) groups excluding carboxylic acids is 3. The largest absolute Gasteiger partial charge is 0.468 e. The second kappa shape index (κ2) is 7.41. The summed E-state index contributed by atoms with van der Waals surface area (Å²) in [5.41, 5.74) is 1.16. The highest BCUT2D eigenvalue weighted by Crippen LogP contribution is 2.44. The van der Waals surface area contributed by atoms with Crippen LogP contribution in [0, 0.1) is 11.8 Å². The highest BCUT2D eigenvalue weighted by Gasteiger charge is 2.47. The highest BCUT2D eigenvalue weighted by molar-refractivity contribution is 9.10. The van der Waals surface area contributed by atoms with Crippen LogP contribution in [0.25, 0.3) is 0 Å². The first kappa shape index (κ1) is 18.3. The van der Waals surface area contributed by atoms with Crippen molar-refractivity contribution in [3.63, 3.8) is 0 Å². The molecule has 2 aromatic carbocycles. The van der Waals surface area contributed by atoms with Gasteiger partial charge in [0.1, 0.15) is 5.75 Å². The van der Waals surface area contributed by atoms with Crippen LogP contribution in [-0.4, -0.2) is 24.8 Å². The zero-order chi connectivity index (χ0) is 18.8. The number of benzene rings is 2. The highest BCUT2D eigenvalue weighted by atomic mass is 79.9. The Labute approximate surface area is 159 Å². The van der Waals surface area contributed by atoms with Crippen LogP contribution in [0.1, 0.15) is 28.8 Å². The van der Waals surface area contributed by atoms with Gasteiger partial charge in [0.05, 0.1) is 7.11 Å². The number of hydrogen-bond donors (Lipinski definition) is 0. The molecule has 26 heavy (non-hydrogen) atoms. The Morgan fingerprint density at radius 2 is 1.85 bits per heavy atom. The van der Waals surface area contributed by atoms with E-state index >= 15 is 0 Å². The Bertz CT molecular complexity index is 862. The Kier molecular flexibility index (Phi) is 5.23. The first-order valence-electron chi connectivity index (χ1n) is 8.12. The number of Topliss-reactive ketones (excluding diaryl/α,β-unsaturated/α-hetero) is 1. The summed E-state index contributed by atoms with van der Waals surface area (Å²) in [6.45, 7) is 1.72. The van der Waals surface area contributed by atoms with Crippen molar-refractivity contribution >= 4 is 33.7 Å². The molecule has 134 valence electrons. The maximum absolute atomic E-state index is 13.0. The smallest absolute Gasteiger partial charge is 0.326 e. The molecule has 6 heteroatoms. The SMILES string of the molecule is COC(=O)[C@@H]1C(=O)Oc2ccc(Br)cc2[C@H]1[C@@H](C)C(=O)c1ccccc1. The molecule has 0 radical (unpaired) electrons. The van der Waals surface area contributed by atoms with Crippen molar-refractivity contribution in [2.45, 2.75) is 12.8 Å². The minimum atomic E-state index is -1.19. The van der Waals surface area contributed by atoms with Gasteiger partial charge in [0.25, 0.3) is 0 Å². The molecule has 0 aliphatic carbocycles. The number of carbonyl (C=O) groups is 3. The second-order valence-electron chi connectivity index (χ2n) is 6.15. The van der Waals surface area contributed by atoms with E-state index in [1.807, 2.05) is 6.07 Å². The quantitative estimate of drug-likeness (QED) is 0.328. The lowest BCUT2D eigenvalue weighted by molar-refractivity contribution is -0.158. The van der Waals surface area contributed by atoms with Crippen molar-refractivity contribution in [1.29, 1.82) is 0 Å². The molecule has 0 bridgehead atoms. The summed E-state index contributed by atoms with van der Waals surface area (Å²) < 4.78 is 10.9. The van der Waals surface area contributed by atoms with Gasteiger partial charge in [-0.2, -0.15) is 0 Å². The van der Waals surface area contributed by atoms with Gasteiger partial charge in [-0.1, -0.05) is 53.2 Å². The van der Waals surface area contributed by atoms with Gasteiger partial charge in [-0.25, -0.2) is 0 Å². The van der Waals surface area contributed by atoms with Crippen molar-refractivity contribution < 1.29 is 23.9 Å². The van der Waals surface area contributed by atoms with Crippen molar-refractivity contribution in [3.8, 4) is 5.75 Å². The molecule has 0 saturated heterocycles. The van der Waals surface area contributed by atoms with Gasteiger partial charge in [0, 0.05) is 27.4 Å². The van der Waals surface area contributed by atoms with E-state index < -0.39 is 29.7 Å². The van der Waals surface area contributed by atoms with E-state index in [0.29, 0.717) is 16.9 Å². The molecule has 0 N–H and O–H groups in total. The fourth-order valence-electron chi connectivity index (χ4n) is 3.33. The van der Waals surface area contributed by atoms with E-state index in [0.717, 1.165) is 4.47 Å². The first-order valence-corrected chi connectivity index (χ1v) is 8.91. The number of ether oxygens (including phenoxy) is 2. The number of hydrogen-bond acceptors (Lipinski definition) is 5. The van der Waals surface area contributed by atoms with Gasteiger partial charge >= 0.3 is 11.9 Å². The third-order valence-electron chi connectivity index (χ3n) is 4.62. The standard InChI is InChI=1S/C20H17BrO5/c1-11(18(22)12-6-4-3-5-7-12)16-14-10-13(21)8-9-15(14)26-20(24)17(16)19(23)25-2/h3-11,16-17H,1-2H3/t11-,16-,17-/m1/s1. The van der Waals surface area contributed by atoms with Gasteiger partial charge in [-0.15, -0.1) is 0 Å². The van der Waals surface area contributed by atoms with Gasteiger partial charge in [-0.3, -0.25) is 14.4 Å². The Hall–Kier alpha value is -2.47. The van der Waals surface area contributed by atoms with E-state index in [-0.39, 0.29) is 5.78 Å². The summed E-state index contributed by atoms with van der Waals surface area (Å²) in [7, 11) is 1.22. The Balaban J connectivity index is 2.10. The molecule has 0 unspecified atom stereocenters. The fourth-order valence-corrected chi connectivity index (χ4v) is 3.71.